The SMILES string of the molecule is CC(O)c1cccc(-c2nnc(-c3nc(-c4ccc(C(=O)N(C)C)cc4)cnc3N)o2)c1.[HH].[HH]. The van der Waals surface area contributed by atoms with Crippen LogP contribution in [0, 0.1) is 0 Å². The van der Waals surface area contributed by atoms with Gasteiger partial charge in [0.25, 0.3) is 11.8 Å². The fourth-order valence-corrected chi connectivity index (χ4v) is 3.10. The van der Waals surface area contributed by atoms with Gasteiger partial charge in [0.15, 0.2) is 11.5 Å². The monoisotopic (exact) mass is 434 g/mol. The number of carbonyl (C=O) groups is 1. The maximum absolute atomic E-state index is 12.1. The number of hydrogen-bond donors (Lipinski definition) is 2. The molecule has 2 heterocycles. The minimum absolute atomic E-state index is 0. The molecule has 0 aliphatic rings. The first-order valence-electron chi connectivity index (χ1n) is 9.90. The molecule has 0 aliphatic heterocycles. The second-order valence-corrected chi connectivity index (χ2v) is 7.48. The first-order chi connectivity index (χ1) is 15.3. The Bertz CT molecular complexity index is 1280. The lowest BCUT2D eigenvalue weighted by Gasteiger charge is -2.10. The van der Waals surface area contributed by atoms with E-state index in [9.17, 15) is 9.90 Å². The summed E-state index contributed by atoms with van der Waals surface area (Å²) in [4.78, 5) is 22.4. The zero-order valence-electron chi connectivity index (χ0n) is 17.9. The third kappa shape index (κ3) is 4.19. The molecule has 2 aromatic carbocycles. The molecule has 2 aromatic heterocycles. The molecule has 1 amide bonds. The van der Waals surface area contributed by atoms with Gasteiger partial charge in [-0.1, -0.05) is 24.3 Å². The van der Waals surface area contributed by atoms with Gasteiger partial charge in [0.2, 0.25) is 5.89 Å². The molecule has 4 aromatic rings. The van der Waals surface area contributed by atoms with Gasteiger partial charge in [0.1, 0.15) is 0 Å². The van der Waals surface area contributed by atoms with Crippen molar-refractivity contribution in [3.63, 3.8) is 0 Å². The number of nitrogens with zero attached hydrogens (tertiary/aromatic N) is 5. The van der Waals surface area contributed by atoms with Crippen molar-refractivity contribution in [3.8, 4) is 34.3 Å². The van der Waals surface area contributed by atoms with Crippen molar-refractivity contribution in [2.24, 2.45) is 0 Å². The highest BCUT2D eigenvalue weighted by Gasteiger charge is 2.17. The molecule has 3 N–H and O–H groups in total. The molecule has 9 nitrogen and oxygen atoms in total. The topological polar surface area (TPSA) is 131 Å². The Morgan fingerprint density at radius 2 is 1.81 bits per heavy atom. The molecular formula is C23H26N6O3. The van der Waals surface area contributed by atoms with Crippen LogP contribution in [0.25, 0.3) is 34.3 Å². The molecule has 9 heteroatoms. The van der Waals surface area contributed by atoms with Crippen LogP contribution >= 0.6 is 0 Å². The van der Waals surface area contributed by atoms with Crippen LogP contribution in [0.4, 0.5) is 5.82 Å². The van der Waals surface area contributed by atoms with Gasteiger partial charge < -0.3 is 20.2 Å². The minimum Gasteiger partial charge on any atom is -0.414 e. The van der Waals surface area contributed by atoms with Crippen LogP contribution in [0.5, 0.6) is 0 Å². The van der Waals surface area contributed by atoms with Gasteiger partial charge in [-0.25, -0.2) is 9.97 Å². The number of anilines is 1. The van der Waals surface area contributed by atoms with Gasteiger partial charge in [0.05, 0.1) is 18.0 Å². The second-order valence-electron chi connectivity index (χ2n) is 7.48. The average molecular weight is 435 g/mol. The van der Waals surface area contributed by atoms with Crippen LogP contribution in [0.15, 0.2) is 59.1 Å². The Hall–Kier alpha value is -4.11. The summed E-state index contributed by atoms with van der Waals surface area (Å²) < 4.78 is 5.80. The van der Waals surface area contributed by atoms with Crippen molar-refractivity contribution >= 4 is 11.7 Å². The Balaban J connectivity index is 0.00000204. The molecule has 32 heavy (non-hydrogen) atoms. The van der Waals surface area contributed by atoms with Crippen molar-refractivity contribution in [1.29, 1.82) is 0 Å². The summed E-state index contributed by atoms with van der Waals surface area (Å²) in [6.07, 6.45) is 0.931. The number of benzene rings is 2. The Labute approximate surface area is 187 Å². The van der Waals surface area contributed by atoms with Gasteiger partial charge >= 0.3 is 0 Å². The van der Waals surface area contributed by atoms with Gasteiger partial charge in [-0.2, -0.15) is 0 Å². The van der Waals surface area contributed by atoms with E-state index in [4.69, 9.17) is 10.2 Å². The van der Waals surface area contributed by atoms with Crippen LogP contribution < -0.4 is 5.73 Å². The largest absolute Gasteiger partial charge is 0.414 e. The summed E-state index contributed by atoms with van der Waals surface area (Å²) >= 11 is 0. The molecular weight excluding hydrogens is 408 g/mol. The first kappa shape index (κ1) is 21.1. The van der Waals surface area contributed by atoms with Crippen molar-refractivity contribution in [1.82, 2.24) is 25.1 Å². The summed E-state index contributed by atoms with van der Waals surface area (Å²) in [6.45, 7) is 1.68. The summed E-state index contributed by atoms with van der Waals surface area (Å²) in [5, 5.41) is 18.0. The Kier molecular flexibility index (Phi) is 5.65. The number of amides is 1. The summed E-state index contributed by atoms with van der Waals surface area (Å²) in [6, 6.07) is 14.3. The zero-order chi connectivity index (χ0) is 22.8. The van der Waals surface area contributed by atoms with E-state index in [0.717, 1.165) is 11.1 Å². The normalized spacial score (nSPS) is 11.9. The van der Waals surface area contributed by atoms with Crippen LogP contribution in [0.1, 0.15) is 31.8 Å². The van der Waals surface area contributed by atoms with Crippen LogP contribution in [-0.2, 0) is 0 Å². The lowest BCUT2D eigenvalue weighted by Crippen LogP contribution is -2.21. The van der Waals surface area contributed by atoms with E-state index in [0.29, 0.717) is 16.8 Å². The first-order valence-corrected chi connectivity index (χ1v) is 9.90. The highest BCUT2D eigenvalue weighted by Crippen LogP contribution is 2.29. The fraction of sp³-hybridized carbons (Fsp3) is 0.174. The van der Waals surface area contributed by atoms with Crippen LogP contribution in [0.3, 0.4) is 0 Å². The number of rotatable bonds is 5. The van der Waals surface area contributed by atoms with E-state index in [1.165, 1.54) is 4.90 Å². The average Bonchev–Trinajstić information content (AvgIpc) is 3.29. The molecule has 0 bridgehead atoms. The molecule has 0 saturated carbocycles. The summed E-state index contributed by atoms with van der Waals surface area (Å²) in [5.74, 6) is 0.481. The van der Waals surface area contributed by atoms with E-state index >= 15 is 0 Å². The molecule has 0 aliphatic carbocycles. The maximum Gasteiger partial charge on any atom is 0.270 e. The Morgan fingerprint density at radius 3 is 2.50 bits per heavy atom. The lowest BCUT2D eigenvalue weighted by molar-refractivity contribution is 0.0827. The summed E-state index contributed by atoms with van der Waals surface area (Å²) in [7, 11) is 3.40. The molecule has 0 saturated heterocycles. The molecule has 4 rings (SSSR count). The number of carbonyl (C=O) groups excluding carboxylic acids is 1. The van der Waals surface area contributed by atoms with E-state index in [-0.39, 0.29) is 32.1 Å². The Morgan fingerprint density at radius 1 is 1.09 bits per heavy atom. The fourth-order valence-electron chi connectivity index (χ4n) is 3.10. The molecule has 0 fully saturated rings. The van der Waals surface area contributed by atoms with E-state index in [1.54, 1.807) is 63.6 Å². The van der Waals surface area contributed by atoms with Crippen LogP contribution in [0.2, 0.25) is 0 Å². The number of nitrogens with two attached hydrogens (primary N) is 1. The van der Waals surface area contributed by atoms with Crippen molar-refractivity contribution in [3.05, 3.63) is 65.9 Å². The van der Waals surface area contributed by atoms with Gasteiger partial charge in [0, 0.05) is 33.6 Å². The number of nitrogen functional groups attached to an aromatic ring is 1. The number of aliphatic hydroxyl groups excluding tert-OH is 1. The van der Waals surface area contributed by atoms with Gasteiger partial charge in [-0.05, 0) is 36.8 Å². The van der Waals surface area contributed by atoms with E-state index in [2.05, 4.69) is 20.2 Å². The quantitative estimate of drug-likeness (QED) is 0.486. The second kappa shape index (κ2) is 8.56. The van der Waals surface area contributed by atoms with E-state index < -0.39 is 6.10 Å². The van der Waals surface area contributed by atoms with E-state index in [1.807, 2.05) is 12.1 Å². The number of aromatic nitrogens is 4. The predicted molar refractivity (Wildman–Crippen MR) is 123 cm³/mol. The maximum atomic E-state index is 12.1. The predicted octanol–water partition coefficient (Wildman–Crippen LogP) is 3.69. The summed E-state index contributed by atoms with van der Waals surface area (Å²) in [5.41, 5.74) is 9.58. The minimum atomic E-state index is -0.616. The lowest BCUT2D eigenvalue weighted by atomic mass is 10.1. The smallest absolute Gasteiger partial charge is 0.270 e. The zero-order valence-corrected chi connectivity index (χ0v) is 17.9. The number of hydrogen-bond acceptors (Lipinski definition) is 8. The van der Waals surface area contributed by atoms with Gasteiger partial charge in [-0.3, -0.25) is 4.79 Å². The van der Waals surface area contributed by atoms with Crippen molar-refractivity contribution in [2.45, 2.75) is 13.0 Å². The van der Waals surface area contributed by atoms with Crippen molar-refractivity contribution in [2.75, 3.05) is 19.8 Å². The number of aliphatic hydroxyl groups is 1. The standard InChI is InChI=1S/C23H22N6O3.2H2/c1-13(30)16-5-4-6-17(11-16)21-27-28-22(32-21)19-20(24)25-12-18(26-19)14-7-9-15(10-8-14)23(31)29(2)3;;/h4-13,30H,1-3H3,(H2,24,25);2*1H. The van der Waals surface area contributed by atoms with Gasteiger partial charge in [-0.15, -0.1) is 10.2 Å². The molecule has 0 spiro atoms. The molecule has 1 unspecified atom stereocenters. The van der Waals surface area contributed by atoms with Crippen LogP contribution in [-0.4, -0.2) is 50.2 Å². The molecule has 1 atom stereocenters. The molecule has 0 radical (unpaired) electrons. The third-order valence-corrected chi connectivity index (χ3v) is 4.88. The third-order valence-electron chi connectivity index (χ3n) is 4.88. The highest BCUT2D eigenvalue weighted by atomic mass is 16.4. The van der Waals surface area contributed by atoms with Crippen molar-refractivity contribution < 1.29 is 17.2 Å². The molecule has 166 valence electrons. The highest BCUT2D eigenvalue weighted by molar-refractivity contribution is 5.94.